The van der Waals surface area contributed by atoms with Crippen molar-refractivity contribution < 1.29 is 18.0 Å². The minimum atomic E-state index is -4.22. The number of likely N-dealkylation sites (N-methyl/N-ethyl adjacent to an activating group) is 1. The zero-order valence-corrected chi connectivity index (χ0v) is 25.9. The number of anilines is 1. The Balaban J connectivity index is 1.61. The number of rotatable bonds is 5. The Morgan fingerprint density at radius 3 is 2.43 bits per heavy atom. The highest BCUT2D eigenvalue weighted by molar-refractivity contribution is 8.48. The summed E-state index contributed by atoms with van der Waals surface area (Å²) in [5, 5.41) is 3.99. The molecule has 7 rings (SSSR count). The van der Waals surface area contributed by atoms with Crippen LogP contribution in [-0.2, 0) is 25.0 Å². The lowest BCUT2D eigenvalue weighted by Gasteiger charge is -2.42. The number of nitrogens with zero attached hydrogens (tertiary/aromatic N) is 2. The molecule has 4 atom stereocenters. The molecule has 0 radical (unpaired) electrons. The van der Waals surface area contributed by atoms with Gasteiger partial charge < -0.3 is 4.98 Å². The second-order valence-electron chi connectivity index (χ2n) is 10.8. The van der Waals surface area contributed by atoms with Gasteiger partial charge in [0.05, 0.1) is 16.0 Å². The van der Waals surface area contributed by atoms with Gasteiger partial charge in [-0.25, -0.2) is 12.7 Å². The molecule has 0 aliphatic carbocycles. The molecule has 2 N–H and O–H groups in total. The molecule has 0 spiro atoms. The Morgan fingerprint density at radius 1 is 1.00 bits per heavy atom. The van der Waals surface area contributed by atoms with E-state index >= 15 is 0 Å². The highest BCUT2D eigenvalue weighted by atomic mass is 32.2. The number of thioether (sulfide) groups is 2. The van der Waals surface area contributed by atoms with Gasteiger partial charge in [-0.2, -0.15) is 0 Å². The molecule has 42 heavy (non-hydrogen) atoms. The minimum absolute atomic E-state index is 0.0920. The quantitative estimate of drug-likeness (QED) is 0.238. The predicted octanol–water partition coefficient (Wildman–Crippen LogP) is 4.82. The van der Waals surface area contributed by atoms with Crippen LogP contribution >= 0.6 is 35.7 Å². The van der Waals surface area contributed by atoms with Crippen molar-refractivity contribution in [1.82, 2.24) is 15.2 Å². The third kappa shape index (κ3) is 3.53. The summed E-state index contributed by atoms with van der Waals surface area (Å²) in [6.07, 6.45) is 1.69. The molecular formula is C30H26N4O4S4. The van der Waals surface area contributed by atoms with E-state index in [1.165, 1.54) is 21.0 Å². The van der Waals surface area contributed by atoms with Crippen LogP contribution in [0.5, 0.6) is 0 Å². The number of fused-ring (bicyclic) bond motifs is 6. The van der Waals surface area contributed by atoms with Gasteiger partial charge in [0.2, 0.25) is 0 Å². The second kappa shape index (κ2) is 9.42. The van der Waals surface area contributed by atoms with E-state index < -0.39 is 37.3 Å². The molecule has 0 bridgehead atoms. The lowest BCUT2D eigenvalue weighted by molar-refractivity contribution is -0.140. The van der Waals surface area contributed by atoms with E-state index in [1.54, 1.807) is 56.4 Å². The van der Waals surface area contributed by atoms with Gasteiger partial charge >= 0.3 is 0 Å². The van der Waals surface area contributed by atoms with E-state index in [0.29, 0.717) is 9.22 Å². The van der Waals surface area contributed by atoms with Crippen LogP contribution in [0, 0.1) is 0 Å². The first-order valence-electron chi connectivity index (χ1n) is 13.3. The molecule has 2 saturated heterocycles. The summed E-state index contributed by atoms with van der Waals surface area (Å²) >= 11 is 8.05. The number of nitrogens with one attached hydrogen (secondary N) is 2. The average Bonchev–Trinajstić information content (AvgIpc) is 3.62. The van der Waals surface area contributed by atoms with Crippen LogP contribution < -0.4 is 9.62 Å². The summed E-state index contributed by atoms with van der Waals surface area (Å²) in [5.74, 6) is -0.415. The summed E-state index contributed by atoms with van der Waals surface area (Å²) in [5.41, 5.74) is 1.78. The maximum Gasteiger partial charge on any atom is 0.266 e. The fourth-order valence-electron chi connectivity index (χ4n) is 6.76. The Labute approximate surface area is 257 Å². The normalized spacial score (nSPS) is 28.9. The molecule has 2 fully saturated rings. The van der Waals surface area contributed by atoms with Crippen LogP contribution in [0.1, 0.15) is 24.5 Å². The Morgan fingerprint density at radius 2 is 1.69 bits per heavy atom. The van der Waals surface area contributed by atoms with Crippen molar-refractivity contribution in [2.24, 2.45) is 0 Å². The molecule has 4 heterocycles. The number of sulfonamides is 1. The lowest BCUT2D eigenvalue weighted by atomic mass is 9.72. The number of aldehydes is 1. The number of H-pyrrole nitrogens is 1. The van der Waals surface area contributed by atoms with Gasteiger partial charge in [0.15, 0.2) is 11.2 Å². The predicted molar refractivity (Wildman–Crippen MR) is 171 cm³/mol. The molecule has 1 aromatic heterocycles. The van der Waals surface area contributed by atoms with Crippen LogP contribution in [0.3, 0.4) is 0 Å². The largest absolute Gasteiger partial charge is 0.361 e. The molecule has 214 valence electrons. The molecule has 1 amide bonds. The van der Waals surface area contributed by atoms with Crippen molar-refractivity contribution in [1.29, 1.82) is 0 Å². The fourth-order valence-corrected chi connectivity index (χ4v) is 12.0. The topological polar surface area (TPSA) is 103 Å². The molecule has 3 aliphatic heterocycles. The fraction of sp³-hybridized carbons (Fsp3) is 0.233. The zero-order valence-electron chi connectivity index (χ0n) is 22.6. The van der Waals surface area contributed by atoms with Crippen molar-refractivity contribution in [3.63, 3.8) is 0 Å². The highest BCUT2D eigenvalue weighted by Gasteiger charge is 2.73. The monoisotopic (exact) mass is 634 g/mol. The first-order chi connectivity index (χ1) is 20.1. The number of benzene rings is 3. The number of hydrogen-bond acceptors (Lipinski definition) is 8. The summed E-state index contributed by atoms with van der Waals surface area (Å²) in [6, 6.07) is 23.3. The third-order valence-corrected chi connectivity index (χ3v) is 13.4. The van der Waals surface area contributed by atoms with Gasteiger partial charge in [0.25, 0.3) is 15.9 Å². The summed E-state index contributed by atoms with van der Waals surface area (Å²) in [4.78, 5) is 30.4. The average molecular weight is 635 g/mol. The highest BCUT2D eigenvalue weighted by Crippen LogP contribution is 2.65. The smallest absolute Gasteiger partial charge is 0.266 e. The van der Waals surface area contributed by atoms with Gasteiger partial charge in [0, 0.05) is 23.5 Å². The van der Waals surface area contributed by atoms with E-state index in [4.69, 9.17) is 12.2 Å². The Hall–Kier alpha value is -3.16. The Bertz CT molecular complexity index is 1900. The number of amides is 1. The standard InChI is InChI=1S/C30H26N4O4S4/c1-28(31-2)26(36)33-25-30(17-29(33,18-35)41-27(39)40-28,22-16-32-23-14-8-6-12-20(22)23)21-13-7-9-15-24(21)34(25)42(37,38)19-10-4-3-5-11-19/h3-16,18,25,31-32H,17H2,1-2H3/t25-,28+,29?,30?/m0/s1. The van der Waals surface area contributed by atoms with E-state index in [2.05, 4.69) is 10.3 Å². The summed E-state index contributed by atoms with van der Waals surface area (Å²) in [7, 11) is -2.56. The van der Waals surface area contributed by atoms with Crippen molar-refractivity contribution in [2.45, 2.75) is 39.6 Å². The number of hydrogen-bond donors (Lipinski definition) is 2. The van der Waals surface area contributed by atoms with E-state index in [1.807, 2.05) is 42.6 Å². The number of carbonyl (C=O) groups excluding carboxylic acids is 2. The molecule has 8 nitrogen and oxygen atoms in total. The van der Waals surface area contributed by atoms with Crippen LogP contribution in [0.4, 0.5) is 5.69 Å². The van der Waals surface area contributed by atoms with Gasteiger partial charge in [-0.05, 0) is 49.4 Å². The van der Waals surface area contributed by atoms with Crippen molar-refractivity contribution in [2.75, 3.05) is 11.4 Å². The Kier molecular flexibility index (Phi) is 6.20. The lowest BCUT2D eigenvalue weighted by Crippen LogP contribution is -2.63. The first kappa shape index (κ1) is 27.7. The molecule has 0 saturated carbocycles. The molecule has 4 aromatic rings. The maximum atomic E-state index is 14.7. The van der Waals surface area contributed by atoms with Crippen molar-refractivity contribution in [3.05, 3.63) is 96.2 Å². The van der Waals surface area contributed by atoms with Crippen LogP contribution in [-0.4, -0.2) is 57.0 Å². The van der Waals surface area contributed by atoms with Gasteiger partial charge in [-0.1, -0.05) is 90.3 Å². The SMILES string of the molecule is CN[C@]1(C)SC(=S)SC2(C=O)CC3(c4c[nH]c5ccccc45)c4ccccc4N(S(=O)(=O)c4ccccc4)[C@@H]3N2C1=O. The molecule has 2 unspecified atom stereocenters. The van der Waals surface area contributed by atoms with Gasteiger partial charge in [-0.15, -0.1) is 0 Å². The summed E-state index contributed by atoms with van der Waals surface area (Å²) in [6.45, 7) is 1.72. The minimum Gasteiger partial charge on any atom is -0.361 e. The number of thiocarbonyl (C=S) groups is 1. The van der Waals surface area contributed by atoms with E-state index in [0.717, 1.165) is 40.1 Å². The van der Waals surface area contributed by atoms with E-state index in [-0.39, 0.29) is 11.3 Å². The molecule has 12 heteroatoms. The molecular weight excluding hydrogens is 609 g/mol. The number of carbonyl (C=O) groups is 2. The number of aromatic amines is 1. The van der Waals surface area contributed by atoms with E-state index in [9.17, 15) is 18.0 Å². The van der Waals surface area contributed by atoms with Crippen LogP contribution in [0.25, 0.3) is 10.9 Å². The maximum absolute atomic E-state index is 14.7. The number of para-hydroxylation sites is 2. The molecule has 3 aliphatic rings. The van der Waals surface area contributed by atoms with Gasteiger partial charge in [0.1, 0.15) is 14.6 Å². The van der Waals surface area contributed by atoms with Crippen LogP contribution in [0.15, 0.2) is 90.0 Å². The van der Waals surface area contributed by atoms with Crippen LogP contribution in [0.2, 0.25) is 0 Å². The van der Waals surface area contributed by atoms with Gasteiger partial charge in [-0.3, -0.25) is 19.8 Å². The zero-order chi connectivity index (χ0) is 29.5. The number of aromatic nitrogens is 1. The first-order valence-corrected chi connectivity index (χ1v) is 16.8. The van der Waals surface area contributed by atoms with Crippen molar-refractivity contribution in [3.8, 4) is 0 Å². The third-order valence-electron chi connectivity index (χ3n) is 8.68. The second-order valence-corrected chi connectivity index (χ2v) is 16.5. The summed E-state index contributed by atoms with van der Waals surface area (Å²) < 4.78 is 31.2. The van der Waals surface area contributed by atoms with Crippen molar-refractivity contribution >= 4 is 78.1 Å². The molecule has 3 aromatic carbocycles.